The monoisotopic (exact) mass is 265 g/mol. The molecule has 1 atom stereocenters. The summed E-state index contributed by atoms with van der Waals surface area (Å²) in [6.45, 7) is 0. The zero-order valence-corrected chi connectivity index (χ0v) is 10.0. The summed E-state index contributed by atoms with van der Waals surface area (Å²) in [7, 11) is -5.40. The van der Waals surface area contributed by atoms with Crippen molar-refractivity contribution in [3.05, 3.63) is 11.6 Å². The number of nitrogens with zero attached hydrogens (tertiary/aromatic N) is 2. The van der Waals surface area contributed by atoms with Crippen LogP contribution >= 0.6 is 11.3 Å². The Morgan fingerprint density at radius 1 is 1.60 bits per heavy atom. The molecule has 0 amide bonds. The van der Waals surface area contributed by atoms with Gasteiger partial charge in [0.2, 0.25) is 0 Å². The number of rotatable bonds is 2. The van der Waals surface area contributed by atoms with Gasteiger partial charge in [0.05, 0.1) is 10.8 Å². The second kappa shape index (κ2) is 3.37. The zero-order valence-electron chi connectivity index (χ0n) is 7.58. The maximum Gasteiger partial charge on any atom is 0.256 e. The van der Waals surface area contributed by atoms with Gasteiger partial charge in [-0.25, -0.2) is 18.5 Å². The molecule has 0 aliphatic heterocycles. The van der Waals surface area contributed by atoms with E-state index in [2.05, 4.69) is 4.98 Å². The van der Waals surface area contributed by atoms with Crippen LogP contribution in [-0.4, -0.2) is 28.3 Å². The summed E-state index contributed by atoms with van der Waals surface area (Å²) in [6.07, 6.45) is 2.89. The number of imidazole rings is 1. The van der Waals surface area contributed by atoms with E-state index in [0.717, 1.165) is 0 Å². The number of aromatic nitrogens is 2. The molecule has 2 aromatic heterocycles. The molecular weight excluding hydrogens is 258 g/mol. The highest BCUT2D eigenvalue weighted by molar-refractivity contribution is 7.90. The first-order valence-electron chi connectivity index (χ1n) is 3.73. The summed E-state index contributed by atoms with van der Waals surface area (Å²) in [5.41, 5.74) is 0. The highest BCUT2D eigenvalue weighted by Crippen LogP contribution is 2.22. The molecular formula is C6H7N3O3S3. The van der Waals surface area contributed by atoms with Crippen molar-refractivity contribution in [2.45, 2.75) is 10.1 Å². The summed E-state index contributed by atoms with van der Waals surface area (Å²) in [5.74, 6) is 0. The van der Waals surface area contributed by atoms with Crippen LogP contribution in [0.5, 0.6) is 0 Å². The molecule has 0 saturated heterocycles. The van der Waals surface area contributed by atoms with Gasteiger partial charge >= 0.3 is 0 Å². The third-order valence-corrected chi connectivity index (χ3v) is 4.37. The van der Waals surface area contributed by atoms with E-state index in [4.69, 9.17) is 5.14 Å². The molecule has 0 aliphatic carbocycles. The average molecular weight is 265 g/mol. The first-order chi connectivity index (χ1) is 6.91. The van der Waals surface area contributed by atoms with Crippen molar-refractivity contribution >= 4 is 37.1 Å². The molecule has 1 unspecified atom stereocenters. The van der Waals surface area contributed by atoms with Gasteiger partial charge in [0.15, 0.2) is 15.0 Å². The van der Waals surface area contributed by atoms with E-state index in [0.29, 0.717) is 4.96 Å². The first kappa shape index (κ1) is 10.7. The molecule has 6 nitrogen and oxygen atoms in total. The van der Waals surface area contributed by atoms with E-state index in [-0.39, 0.29) is 10.1 Å². The molecule has 82 valence electrons. The lowest BCUT2D eigenvalue weighted by atomic mass is 10.9. The summed E-state index contributed by atoms with van der Waals surface area (Å²) in [4.78, 5) is 4.42. The third kappa shape index (κ3) is 1.71. The van der Waals surface area contributed by atoms with Crippen molar-refractivity contribution < 1.29 is 12.6 Å². The fourth-order valence-electron chi connectivity index (χ4n) is 1.19. The first-order valence-corrected chi connectivity index (χ1v) is 7.71. The smallest absolute Gasteiger partial charge is 0.256 e. The van der Waals surface area contributed by atoms with Crippen LogP contribution in [0.4, 0.5) is 0 Å². The standard InChI is InChI=1S/C6H7N3O3S3/c1-14(10)4-5(15(7,11)12)9-2-3-13-6(9)8-4/h2-3H,1H3,(H2,7,11,12). The summed E-state index contributed by atoms with van der Waals surface area (Å²) in [5, 5.41) is 6.54. The Morgan fingerprint density at radius 2 is 2.27 bits per heavy atom. The lowest BCUT2D eigenvalue weighted by Crippen LogP contribution is -2.16. The van der Waals surface area contributed by atoms with Gasteiger partial charge in [-0.2, -0.15) is 0 Å². The summed E-state index contributed by atoms with van der Waals surface area (Å²) >= 11 is 1.25. The van der Waals surface area contributed by atoms with Crippen LogP contribution in [-0.2, 0) is 20.8 Å². The largest absolute Gasteiger partial charge is 0.279 e. The van der Waals surface area contributed by atoms with Crippen molar-refractivity contribution in [2.24, 2.45) is 5.14 Å². The molecule has 0 aromatic carbocycles. The van der Waals surface area contributed by atoms with Gasteiger partial charge in [0.1, 0.15) is 0 Å². The van der Waals surface area contributed by atoms with E-state index in [1.165, 1.54) is 28.2 Å². The van der Waals surface area contributed by atoms with Crippen LogP contribution in [0.15, 0.2) is 21.6 Å². The van der Waals surface area contributed by atoms with Gasteiger partial charge in [-0.1, -0.05) is 0 Å². The number of hydrogen-bond acceptors (Lipinski definition) is 5. The molecule has 0 spiro atoms. The molecule has 15 heavy (non-hydrogen) atoms. The van der Waals surface area contributed by atoms with Crippen molar-refractivity contribution in [3.8, 4) is 0 Å². The number of primary sulfonamides is 1. The minimum absolute atomic E-state index is 0.00403. The molecule has 0 fully saturated rings. The van der Waals surface area contributed by atoms with Crippen LogP contribution in [0, 0.1) is 0 Å². The van der Waals surface area contributed by atoms with E-state index in [1.807, 2.05) is 0 Å². The van der Waals surface area contributed by atoms with Crippen LogP contribution < -0.4 is 5.14 Å². The van der Waals surface area contributed by atoms with Gasteiger partial charge in [0.25, 0.3) is 10.0 Å². The van der Waals surface area contributed by atoms with E-state index < -0.39 is 20.8 Å². The minimum Gasteiger partial charge on any atom is -0.279 e. The number of fused-ring (bicyclic) bond motifs is 1. The van der Waals surface area contributed by atoms with Gasteiger partial charge < -0.3 is 0 Å². The number of nitrogens with two attached hydrogens (primary N) is 1. The maximum atomic E-state index is 11.3. The molecule has 0 bridgehead atoms. The predicted molar refractivity (Wildman–Crippen MR) is 56.8 cm³/mol. The second-order valence-electron chi connectivity index (χ2n) is 2.78. The normalized spacial score (nSPS) is 14.5. The third-order valence-electron chi connectivity index (χ3n) is 1.73. The molecule has 0 aliphatic rings. The van der Waals surface area contributed by atoms with Gasteiger partial charge in [-0.3, -0.25) is 8.61 Å². The predicted octanol–water partition coefficient (Wildman–Crippen LogP) is -0.219. The fourth-order valence-corrected chi connectivity index (χ4v) is 3.99. The summed E-state index contributed by atoms with van der Waals surface area (Å²) in [6, 6.07) is 0. The van der Waals surface area contributed by atoms with Crippen LogP contribution in [0.1, 0.15) is 0 Å². The quantitative estimate of drug-likeness (QED) is 0.812. The molecule has 0 saturated carbocycles. The SMILES string of the molecule is CS(=O)c1nc2sccn2c1S(N)(=O)=O. The second-order valence-corrected chi connectivity index (χ2v) is 6.42. The fraction of sp³-hybridized carbons (Fsp3) is 0.167. The highest BCUT2D eigenvalue weighted by atomic mass is 32.2. The molecule has 0 radical (unpaired) electrons. The molecule has 2 N–H and O–H groups in total. The Kier molecular flexibility index (Phi) is 2.41. The Labute approximate surface area is 92.2 Å². The number of sulfonamides is 1. The van der Waals surface area contributed by atoms with Crippen molar-refractivity contribution in [3.63, 3.8) is 0 Å². The van der Waals surface area contributed by atoms with Gasteiger partial charge in [-0.15, -0.1) is 11.3 Å². The lowest BCUT2D eigenvalue weighted by Gasteiger charge is -1.97. The Bertz CT molecular complexity index is 639. The average Bonchev–Trinajstić information content (AvgIpc) is 2.56. The van der Waals surface area contributed by atoms with Crippen LogP contribution in [0.3, 0.4) is 0 Å². The van der Waals surface area contributed by atoms with Crippen molar-refractivity contribution in [1.29, 1.82) is 0 Å². The van der Waals surface area contributed by atoms with Crippen LogP contribution in [0.25, 0.3) is 4.96 Å². The Morgan fingerprint density at radius 3 is 2.80 bits per heavy atom. The number of thiazole rings is 1. The van der Waals surface area contributed by atoms with E-state index in [1.54, 1.807) is 5.38 Å². The molecule has 9 heteroatoms. The zero-order chi connectivity index (χ0) is 11.2. The Balaban J connectivity index is 2.93. The van der Waals surface area contributed by atoms with Crippen molar-refractivity contribution in [2.75, 3.05) is 6.26 Å². The topological polar surface area (TPSA) is 94.5 Å². The minimum atomic E-state index is -3.92. The van der Waals surface area contributed by atoms with Gasteiger partial charge in [-0.05, 0) is 0 Å². The Hall–Kier alpha value is -0.770. The molecule has 2 rings (SSSR count). The highest BCUT2D eigenvalue weighted by Gasteiger charge is 2.24. The molecule has 2 aromatic rings. The lowest BCUT2D eigenvalue weighted by molar-refractivity contribution is 0.589. The van der Waals surface area contributed by atoms with E-state index in [9.17, 15) is 12.6 Å². The van der Waals surface area contributed by atoms with Crippen molar-refractivity contribution in [1.82, 2.24) is 9.38 Å². The van der Waals surface area contributed by atoms with E-state index >= 15 is 0 Å². The molecule has 2 heterocycles. The maximum absolute atomic E-state index is 11.3. The van der Waals surface area contributed by atoms with Gasteiger partial charge in [0, 0.05) is 17.8 Å². The van der Waals surface area contributed by atoms with Crippen LogP contribution in [0.2, 0.25) is 0 Å². The number of hydrogen-bond donors (Lipinski definition) is 1. The summed E-state index contributed by atoms with van der Waals surface area (Å²) < 4.78 is 35.3.